The van der Waals surface area contributed by atoms with E-state index in [0.717, 1.165) is 13.0 Å². The zero-order chi connectivity index (χ0) is 14.6. The van der Waals surface area contributed by atoms with E-state index >= 15 is 0 Å². The number of pyridine rings is 1. The fourth-order valence-corrected chi connectivity index (χ4v) is 3.72. The van der Waals surface area contributed by atoms with Gasteiger partial charge in [-0.2, -0.15) is 0 Å². The van der Waals surface area contributed by atoms with Crippen LogP contribution in [0.25, 0.3) is 0 Å². The summed E-state index contributed by atoms with van der Waals surface area (Å²) >= 11 is 0. The van der Waals surface area contributed by atoms with Gasteiger partial charge >= 0.3 is 0 Å². The summed E-state index contributed by atoms with van der Waals surface area (Å²) in [6.45, 7) is 1.44. The molecule has 0 aliphatic heterocycles. The molecular weight excluding hydrogens is 274 g/mol. The van der Waals surface area contributed by atoms with E-state index in [9.17, 15) is 8.42 Å². The first-order valence-corrected chi connectivity index (χ1v) is 9.00. The lowest BCUT2D eigenvalue weighted by Gasteiger charge is -2.31. The first-order valence-electron chi connectivity index (χ1n) is 7.11. The molecule has 0 amide bonds. The van der Waals surface area contributed by atoms with Crippen molar-refractivity contribution in [2.75, 3.05) is 24.7 Å². The lowest BCUT2D eigenvalue weighted by Crippen LogP contribution is -2.31. The van der Waals surface area contributed by atoms with Crippen molar-refractivity contribution in [1.82, 2.24) is 4.98 Å². The van der Waals surface area contributed by atoms with Gasteiger partial charge in [-0.1, -0.05) is 12.8 Å². The quantitative estimate of drug-likeness (QED) is 0.863. The van der Waals surface area contributed by atoms with Crippen LogP contribution in [-0.2, 0) is 9.84 Å². The molecule has 1 fully saturated rings. The summed E-state index contributed by atoms with van der Waals surface area (Å²) in [5.74, 6) is 1.49. The van der Waals surface area contributed by atoms with Gasteiger partial charge in [0.1, 0.15) is 10.7 Å². The van der Waals surface area contributed by atoms with Crippen molar-refractivity contribution < 1.29 is 8.42 Å². The van der Waals surface area contributed by atoms with Gasteiger partial charge in [0.25, 0.3) is 0 Å². The van der Waals surface area contributed by atoms with Crippen molar-refractivity contribution in [1.29, 1.82) is 0 Å². The summed E-state index contributed by atoms with van der Waals surface area (Å²) in [4.78, 5) is 4.42. The first-order chi connectivity index (χ1) is 9.52. The molecule has 0 bridgehead atoms. The Morgan fingerprint density at radius 3 is 2.70 bits per heavy atom. The molecule has 0 aromatic carbocycles. The molecule has 2 unspecified atom stereocenters. The topological polar surface area (TPSA) is 85.1 Å². The summed E-state index contributed by atoms with van der Waals surface area (Å²) in [6, 6.07) is 3.23. The lowest BCUT2D eigenvalue weighted by atomic mass is 9.79. The highest BCUT2D eigenvalue weighted by atomic mass is 32.2. The van der Waals surface area contributed by atoms with Gasteiger partial charge in [-0.25, -0.2) is 13.4 Å². The predicted molar refractivity (Wildman–Crippen MR) is 80.3 cm³/mol. The molecule has 1 aliphatic carbocycles. The fourth-order valence-electron chi connectivity index (χ4n) is 2.91. The van der Waals surface area contributed by atoms with Crippen molar-refractivity contribution in [2.45, 2.75) is 30.6 Å². The molecule has 20 heavy (non-hydrogen) atoms. The van der Waals surface area contributed by atoms with Gasteiger partial charge in [-0.15, -0.1) is 0 Å². The number of sulfone groups is 1. The van der Waals surface area contributed by atoms with Crippen LogP contribution in [0, 0.1) is 11.8 Å². The molecule has 112 valence electrons. The highest BCUT2D eigenvalue weighted by Gasteiger charge is 2.24. The average Bonchev–Trinajstić information content (AvgIpc) is 2.44. The largest absolute Gasteiger partial charge is 0.369 e. The van der Waals surface area contributed by atoms with Crippen molar-refractivity contribution in [3.8, 4) is 0 Å². The molecule has 2 atom stereocenters. The van der Waals surface area contributed by atoms with E-state index < -0.39 is 9.84 Å². The third-order valence-electron chi connectivity index (χ3n) is 4.07. The number of hydrogen-bond donors (Lipinski definition) is 2. The third-order valence-corrected chi connectivity index (χ3v) is 5.20. The van der Waals surface area contributed by atoms with Gasteiger partial charge in [-0.05, 0) is 43.4 Å². The van der Waals surface area contributed by atoms with Crippen LogP contribution in [0.15, 0.2) is 23.2 Å². The van der Waals surface area contributed by atoms with E-state index in [2.05, 4.69) is 10.3 Å². The molecule has 1 aromatic rings. The van der Waals surface area contributed by atoms with Crippen LogP contribution in [0.2, 0.25) is 0 Å². The Morgan fingerprint density at radius 1 is 1.35 bits per heavy atom. The van der Waals surface area contributed by atoms with Crippen LogP contribution in [-0.4, -0.2) is 32.7 Å². The molecule has 0 saturated heterocycles. The number of nitrogens with two attached hydrogens (primary N) is 1. The van der Waals surface area contributed by atoms with Gasteiger partial charge in [0.05, 0.1) is 0 Å². The Morgan fingerprint density at radius 2 is 2.05 bits per heavy atom. The summed E-state index contributed by atoms with van der Waals surface area (Å²) in [6.07, 6.45) is 7.61. The predicted octanol–water partition coefficient (Wildman–Crippen LogP) is 1.66. The normalized spacial score (nSPS) is 23.5. The SMILES string of the molecule is CS(=O)(=O)c1cccnc1NCC1CCCCC1CN. The van der Waals surface area contributed by atoms with E-state index in [1.54, 1.807) is 18.3 Å². The number of anilines is 1. The Hall–Kier alpha value is -1.14. The second-order valence-corrected chi connectivity index (χ2v) is 7.53. The van der Waals surface area contributed by atoms with Crippen LogP contribution >= 0.6 is 0 Å². The number of aromatic nitrogens is 1. The van der Waals surface area contributed by atoms with Gasteiger partial charge in [0.15, 0.2) is 9.84 Å². The van der Waals surface area contributed by atoms with Gasteiger partial charge < -0.3 is 11.1 Å². The van der Waals surface area contributed by atoms with Crippen molar-refractivity contribution in [3.63, 3.8) is 0 Å². The minimum absolute atomic E-state index is 0.264. The Kier molecular flexibility index (Phi) is 4.99. The zero-order valence-electron chi connectivity index (χ0n) is 11.9. The average molecular weight is 297 g/mol. The van der Waals surface area contributed by atoms with Crippen LogP contribution in [0.5, 0.6) is 0 Å². The first kappa shape index (κ1) is 15.3. The lowest BCUT2D eigenvalue weighted by molar-refractivity contribution is 0.255. The summed E-state index contributed by atoms with van der Waals surface area (Å²) in [5, 5.41) is 3.21. The molecule has 3 N–H and O–H groups in total. The number of nitrogens with zero attached hydrogens (tertiary/aromatic N) is 1. The van der Waals surface area contributed by atoms with Crippen molar-refractivity contribution in [2.24, 2.45) is 17.6 Å². The van der Waals surface area contributed by atoms with Crippen LogP contribution < -0.4 is 11.1 Å². The van der Waals surface area contributed by atoms with Crippen LogP contribution in [0.1, 0.15) is 25.7 Å². The van der Waals surface area contributed by atoms with E-state index in [0.29, 0.717) is 24.2 Å². The Labute approximate surface area is 120 Å². The second kappa shape index (κ2) is 6.54. The van der Waals surface area contributed by atoms with Crippen molar-refractivity contribution in [3.05, 3.63) is 18.3 Å². The second-order valence-electron chi connectivity index (χ2n) is 5.54. The standard InChI is InChI=1S/C14H23N3O2S/c1-20(18,19)13-7-4-8-16-14(13)17-10-12-6-3-2-5-11(12)9-15/h4,7-8,11-12H,2-3,5-6,9-10,15H2,1H3,(H,16,17). The van der Waals surface area contributed by atoms with Gasteiger partial charge in [0, 0.05) is 19.0 Å². The summed E-state index contributed by atoms with van der Waals surface area (Å²) < 4.78 is 23.5. The third kappa shape index (κ3) is 3.70. The minimum Gasteiger partial charge on any atom is -0.369 e. The van der Waals surface area contributed by atoms with Crippen LogP contribution in [0.3, 0.4) is 0 Å². The maximum absolute atomic E-state index is 11.7. The molecule has 6 heteroatoms. The maximum atomic E-state index is 11.7. The molecule has 1 saturated carbocycles. The molecule has 1 aromatic heterocycles. The highest BCUT2D eigenvalue weighted by molar-refractivity contribution is 7.90. The smallest absolute Gasteiger partial charge is 0.179 e. The maximum Gasteiger partial charge on any atom is 0.179 e. The molecule has 1 aliphatic rings. The van der Waals surface area contributed by atoms with E-state index in [-0.39, 0.29) is 4.90 Å². The highest BCUT2D eigenvalue weighted by Crippen LogP contribution is 2.30. The number of nitrogens with one attached hydrogen (secondary N) is 1. The summed E-state index contributed by atoms with van der Waals surface area (Å²) in [5.41, 5.74) is 5.82. The molecule has 0 radical (unpaired) electrons. The van der Waals surface area contributed by atoms with Gasteiger partial charge in [0.2, 0.25) is 0 Å². The van der Waals surface area contributed by atoms with E-state index in [4.69, 9.17) is 5.73 Å². The summed E-state index contributed by atoms with van der Waals surface area (Å²) in [7, 11) is -3.26. The molecule has 5 nitrogen and oxygen atoms in total. The zero-order valence-corrected chi connectivity index (χ0v) is 12.7. The van der Waals surface area contributed by atoms with Crippen molar-refractivity contribution >= 4 is 15.7 Å². The molecule has 0 spiro atoms. The Bertz CT molecular complexity index is 545. The minimum atomic E-state index is -3.26. The number of hydrogen-bond acceptors (Lipinski definition) is 5. The molecule has 2 rings (SSSR count). The molecular formula is C14H23N3O2S. The fraction of sp³-hybridized carbons (Fsp3) is 0.643. The van der Waals surface area contributed by atoms with E-state index in [1.165, 1.54) is 25.5 Å². The molecule has 1 heterocycles. The Balaban J connectivity index is 2.07. The van der Waals surface area contributed by atoms with Gasteiger partial charge in [-0.3, -0.25) is 0 Å². The monoisotopic (exact) mass is 297 g/mol. The van der Waals surface area contributed by atoms with Crippen LogP contribution in [0.4, 0.5) is 5.82 Å². The number of rotatable bonds is 5. The van der Waals surface area contributed by atoms with E-state index in [1.807, 2.05) is 0 Å².